The SMILES string of the molecule is CC1CN(C(CN)c2ccc(C3CC3)cc2)CC(C)O1. The maximum absolute atomic E-state index is 6.05. The molecule has 1 aliphatic carbocycles. The average Bonchev–Trinajstić information content (AvgIpc) is 3.24. The Bertz CT molecular complexity index is 431. The fourth-order valence-electron chi connectivity index (χ4n) is 3.38. The largest absolute Gasteiger partial charge is 0.373 e. The molecule has 1 saturated carbocycles. The molecule has 2 aliphatic rings. The topological polar surface area (TPSA) is 38.5 Å². The zero-order valence-corrected chi connectivity index (χ0v) is 12.6. The minimum Gasteiger partial charge on any atom is -0.373 e. The van der Waals surface area contributed by atoms with Crippen LogP contribution in [0.5, 0.6) is 0 Å². The number of hydrogen-bond donors (Lipinski definition) is 1. The maximum Gasteiger partial charge on any atom is 0.0678 e. The van der Waals surface area contributed by atoms with Gasteiger partial charge in [0, 0.05) is 25.7 Å². The van der Waals surface area contributed by atoms with Crippen LogP contribution in [0.4, 0.5) is 0 Å². The standard InChI is InChI=1S/C17H26N2O/c1-12-10-19(11-13(2)20-12)17(9-18)16-7-5-15(6-8-16)14-3-4-14/h5-8,12-14,17H,3-4,9-11,18H2,1-2H3. The van der Waals surface area contributed by atoms with Crippen LogP contribution in [-0.2, 0) is 4.74 Å². The van der Waals surface area contributed by atoms with Gasteiger partial charge in [-0.05, 0) is 43.7 Å². The lowest BCUT2D eigenvalue weighted by atomic mass is 10.0. The predicted molar refractivity (Wildman–Crippen MR) is 81.8 cm³/mol. The van der Waals surface area contributed by atoms with Crippen molar-refractivity contribution in [1.29, 1.82) is 0 Å². The summed E-state index contributed by atoms with van der Waals surface area (Å²) in [5.41, 5.74) is 8.89. The molecule has 1 saturated heterocycles. The Labute approximate surface area is 122 Å². The smallest absolute Gasteiger partial charge is 0.0678 e. The van der Waals surface area contributed by atoms with E-state index in [2.05, 4.69) is 43.0 Å². The Hall–Kier alpha value is -0.900. The van der Waals surface area contributed by atoms with E-state index in [1.807, 2.05) is 0 Å². The third-order valence-corrected chi connectivity index (χ3v) is 4.48. The van der Waals surface area contributed by atoms with Crippen LogP contribution >= 0.6 is 0 Å². The Kier molecular flexibility index (Phi) is 4.11. The normalized spacial score (nSPS) is 29.4. The van der Waals surface area contributed by atoms with Crippen LogP contribution in [0.1, 0.15) is 49.8 Å². The van der Waals surface area contributed by atoms with E-state index in [1.165, 1.54) is 24.0 Å². The zero-order valence-electron chi connectivity index (χ0n) is 12.6. The van der Waals surface area contributed by atoms with Gasteiger partial charge in [-0.25, -0.2) is 0 Å². The molecule has 0 bridgehead atoms. The van der Waals surface area contributed by atoms with Gasteiger partial charge in [-0.2, -0.15) is 0 Å². The van der Waals surface area contributed by atoms with E-state index >= 15 is 0 Å². The molecule has 1 aromatic carbocycles. The van der Waals surface area contributed by atoms with Gasteiger partial charge in [0.1, 0.15) is 0 Å². The van der Waals surface area contributed by atoms with Gasteiger partial charge in [0.15, 0.2) is 0 Å². The van der Waals surface area contributed by atoms with Crippen LogP contribution in [0.3, 0.4) is 0 Å². The van der Waals surface area contributed by atoms with Gasteiger partial charge < -0.3 is 10.5 Å². The van der Waals surface area contributed by atoms with Crippen molar-refractivity contribution in [2.45, 2.75) is 50.9 Å². The molecule has 3 rings (SSSR count). The second-order valence-electron chi connectivity index (χ2n) is 6.40. The quantitative estimate of drug-likeness (QED) is 0.917. The molecule has 0 aromatic heterocycles. The highest BCUT2D eigenvalue weighted by Gasteiger charge is 2.28. The summed E-state index contributed by atoms with van der Waals surface area (Å²) in [5, 5.41) is 0. The minimum absolute atomic E-state index is 0.290. The molecule has 3 unspecified atom stereocenters. The van der Waals surface area contributed by atoms with Gasteiger partial charge in [0.2, 0.25) is 0 Å². The highest BCUT2D eigenvalue weighted by molar-refractivity contribution is 5.30. The van der Waals surface area contributed by atoms with E-state index in [-0.39, 0.29) is 0 Å². The van der Waals surface area contributed by atoms with Crippen LogP contribution in [0.15, 0.2) is 24.3 Å². The first kappa shape index (κ1) is 14.1. The molecule has 0 radical (unpaired) electrons. The van der Waals surface area contributed by atoms with E-state index in [1.54, 1.807) is 0 Å². The van der Waals surface area contributed by atoms with Crippen molar-refractivity contribution in [3.63, 3.8) is 0 Å². The van der Waals surface area contributed by atoms with Crippen LogP contribution < -0.4 is 5.73 Å². The first-order chi connectivity index (χ1) is 9.67. The van der Waals surface area contributed by atoms with Gasteiger partial charge in [-0.3, -0.25) is 4.90 Å². The fraction of sp³-hybridized carbons (Fsp3) is 0.647. The van der Waals surface area contributed by atoms with Gasteiger partial charge in [-0.15, -0.1) is 0 Å². The molecule has 1 aromatic rings. The molecular weight excluding hydrogens is 248 g/mol. The predicted octanol–water partition coefficient (Wildman–Crippen LogP) is 2.67. The van der Waals surface area contributed by atoms with E-state index < -0.39 is 0 Å². The molecule has 0 spiro atoms. The lowest BCUT2D eigenvalue weighted by Gasteiger charge is -2.40. The van der Waals surface area contributed by atoms with Crippen molar-refractivity contribution in [1.82, 2.24) is 4.90 Å². The highest BCUT2D eigenvalue weighted by atomic mass is 16.5. The third kappa shape index (κ3) is 3.05. The monoisotopic (exact) mass is 274 g/mol. The van der Waals surface area contributed by atoms with Crippen LogP contribution in [-0.4, -0.2) is 36.7 Å². The van der Waals surface area contributed by atoms with Crippen molar-refractivity contribution in [3.8, 4) is 0 Å². The van der Waals surface area contributed by atoms with Crippen LogP contribution in [0.25, 0.3) is 0 Å². The average molecular weight is 274 g/mol. The lowest BCUT2D eigenvalue weighted by Crippen LogP contribution is -2.48. The van der Waals surface area contributed by atoms with Crippen molar-refractivity contribution in [2.24, 2.45) is 5.73 Å². The Morgan fingerprint density at radius 3 is 2.25 bits per heavy atom. The van der Waals surface area contributed by atoms with E-state index in [4.69, 9.17) is 10.5 Å². The summed E-state index contributed by atoms with van der Waals surface area (Å²) in [7, 11) is 0. The van der Waals surface area contributed by atoms with Crippen molar-refractivity contribution in [3.05, 3.63) is 35.4 Å². The summed E-state index contributed by atoms with van der Waals surface area (Å²) in [4.78, 5) is 2.48. The molecule has 3 heteroatoms. The molecule has 20 heavy (non-hydrogen) atoms. The second-order valence-corrected chi connectivity index (χ2v) is 6.40. The first-order valence-corrected chi connectivity index (χ1v) is 7.86. The van der Waals surface area contributed by atoms with Gasteiger partial charge in [-0.1, -0.05) is 24.3 Å². The number of hydrogen-bond acceptors (Lipinski definition) is 3. The summed E-state index contributed by atoms with van der Waals surface area (Å²) in [5.74, 6) is 0.823. The van der Waals surface area contributed by atoms with E-state index in [9.17, 15) is 0 Å². The van der Waals surface area contributed by atoms with Gasteiger partial charge >= 0.3 is 0 Å². The Morgan fingerprint density at radius 2 is 1.75 bits per heavy atom. The summed E-state index contributed by atoms with van der Waals surface area (Å²) < 4.78 is 5.82. The molecule has 110 valence electrons. The lowest BCUT2D eigenvalue weighted by molar-refractivity contribution is -0.0799. The zero-order chi connectivity index (χ0) is 14.1. The highest BCUT2D eigenvalue weighted by Crippen LogP contribution is 2.40. The number of nitrogens with two attached hydrogens (primary N) is 1. The second kappa shape index (κ2) is 5.84. The molecule has 3 nitrogen and oxygen atoms in total. The number of benzene rings is 1. The number of morpholine rings is 1. The molecule has 2 fully saturated rings. The Morgan fingerprint density at radius 1 is 1.15 bits per heavy atom. The molecule has 2 N–H and O–H groups in total. The first-order valence-electron chi connectivity index (χ1n) is 7.86. The van der Waals surface area contributed by atoms with Crippen LogP contribution in [0.2, 0.25) is 0 Å². The molecule has 0 amide bonds. The van der Waals surface area contributed by atoms with Gasteiger partial charge in [0.05, 0.1) is 12.2 Å². The third-order valence-electron chi connectivity index (χ3n) is 4.48. The molecular formula is C17H26N2O. The minimum atomic E-state index is 0.290. The van der Waals surface area contributed by atoms with E-state index in [0.29, 0.717) is 24.8 Å². The number of ether oxygens (including phenoxy) is 1. The molecule has 3 atom stereocenters. The Balaban J connectivity index is 1.74. The molecule has 1 aliphatic heterocycles. The summed E-state index contributed by atoms with van der Waals surface area (Å²) >= 11 is 0. The summed E-state index contributed by atoms with van der Waals surface area (Å²) in [6, 6.07) is 9.45. The number of nitrogens with zero attached hydrogens (tertiary/aromatic N) is 1. The van der Waals surface area contributed by atoms with Crippen molar-refractivity contribution in [2.75, 3.05) is 19.6 Å². The summed E-state index contributed by atoms with van der Waals surface area (Å²) in [6.07, 6.45) is 3.30. The van der Waals surface area contributed by atoms with Gasteiger partial charge in [0.25, 0.3) is 0 Å². The summed E-state index contributed by atoms with van der Waals surface area (Å²) in [6.45, 7) is 6.90. The van der Waals surface area contributed by atoms with Crippen LogP contribution in [0, 0.1) is 0 Å². The molecule has 1 heterocycles. The fourth-order valence-corrected chi connectivity index (χ4v) is 3.38. The number of rotatable bonds is 4. The van der Waals surface area contributed by atoms with Crippen molar-refractivity contribution < 1.29 is 4.74 Å². The van der Waals surface area contributed by atoms with Crippen molar-refractivity contribution >= 4 is 0 Å². The van der Waals surface area contributed by atoms with E-state index in [0.717, 1.165) is 19.0 Å². The maximum atomic E-state index is 6.05.